The highest BCUT2D eigenvalue weighted by Crippen LogP contribution is 2.56. The van der Waals surface area contributed by atoms with Crippen molar-refractivity contribution in [2.24, 2.45) is 23.7 Å². The first-order valence-electron chi connectivity index (χ1n) is 12.2. The Bertz CT molecular complexity index is 784. The van der Waals surface area contributed by atoms with Gasteiger partial charge < -0.3 is 9.64 Å². The second-order valence-electron chi connectivity index (χ2n) is 10.5. The van der Waals surface area contributed by atoms with Crippen molar-refractivity contribution in [3.63, 3.8) is 0 Å². The average molecular weight is 445 g/mol. The van der Waals surface area contributed by atoms with Crippen molar-refractivity contribution in [2.45, 2.75) is 60.8 Å². The van der Waals surface area contributed by atoms with Gasteiger partial charge in [-0.3, -0.25) is 9.69 Å². The van der Waals surface area contributed by atoms with Gasteiger partial charge in [-0.25, -0.2) is 4.39 Å². The molecule has 1 aromatic carbocycles. The second kappa shape index (κ2) is 8.35. The van der Waals surface area contributed by atoms with E-state index in [1.807, 2.05) is 28.8 Å². The van der Waals surface area contributed by atoms with Gasteiger partial charge >= 0.3 is 0 Å². The van der Waals surface area contributed by atoms with Crippen molar-refractivity contribution in [1.29, 1.82) is 0 Å². The highest BCUT2D eigenvalue weighted by Gasteiger charge is 2.54. The average Bonchev–Trinajstić information content (AvgIpc) is 3.18. The van der Waals surface area contributed by atoms with Crippen molar-refractivity contribution in [3.8, 4) is 0 Å². The fourth-order valence-corrected chi connectivity index (χ4v) is 8.82. The highest BCUT2D eigenvalue weighted by molar-refractivity contribution is 8.00. The van der Waals surface area contributed by atoms with Crippen LogP contribution in [0, 0.1) is 29.5 Å². The molecule has 31 heavy (non-hydrogen) atoms. The van der Waals surface area contributed by atoms with Gasteiger partial charge in [0.25, 0.3) is 0 Å². The molecule has 2 heterocycles. The molecule has 7 rings (SSSR count). The van der Waals surface area contributed by atoms with Crippen LogP contribution in [0.1, 0.15) is 38.5 Å². The number of hydrogen-bond donors (Lipinski definition) is 0. The molecule has 2 atom stereocenters. The van der Waals surface area contributed by atoms with Crippen LogP contribution >= 0.6 is 11.8 Å². The van der Waals surface area contributed by atoms with Crippen LogP contribution in [0.2, 0.25) is 0 Å². The van der Waals surface area contributed by atoms with Crippen molar-refractivity contribution in [1.82, 2.24) is 9.80 Å². The van der Waals surface area contributed by atoms with E-state index in [-0.39, 0.29) is 11.9 Å². The number of ether oxygens (including phenoxy) is 1. The SMILES string of the molecule is O=C([C@@H]1C[C@@H](Sc2ccc(F)cc2)CN1C1C2CC3CC(C2)CC1C3)N1CCOCC1. The summed E-state index contributed by atoms with van der Waals surface area (Å²) in [5.41, 5.74) is 0. The van der Waals surface area contributed by atoms with E-state index in [1.165, 1.54) is 32.1 Å². The predicted molar refractivity (Wildman–Crippen MR) is 119 cm³/mol. The first-order chi connectivity index (χ1) is 15.1. The maximum Gasteiger partial charge on any atom is 0.240 e. The summed E-state index contributed by atoms with van der Waals surface area (Å²) in [6, 6.07) is 7.43. The zero-order valence-corrected chi connectivity index (χ0v) is 18.9. The molecule has 6 fully saturated rings. The van der Waals surface area contributed by atoms with Crippen LogP contribution in [0.4, 0.5) is 4.39 Å². The monoisotopic (exact) mass is 444 g/mol. The Kier molecular flexibility index (Phi) is 5.52. The van der Waals surface area contributed by atoms with E-state index in [0.29, 0.717) is 30.4 Å². The number of carbonyl (C=O) groups is 1. The summed E-state index contributed by atoms with van der Waals surface area (Å²) in [4.78, 5) is 19.5. The third kappa shape index (κ3) is 3.93. The highest BCUT2D eigenvalue weighted by atomic mass is 32.2. The lowest BCUT2D eigenvalue weighted by molar-refractivity contribution is -0.144. The molecule has 4 bridgehead atoms. The number of amides is 1. The molecule has 2 aliphatic heterocycles. The minimum Gasteiger partial charge on any atom is -0.378 e. The number of morpholine rings is 1. The molecule has 6 heteroatoms. The molecule has 0 aromatic heterocycles. The number of halogens is 1. The molecule has 2 saturated heterocycles. The number of rotatable bonds is 4. The van der Waals surface area contributed by atoms with Gasteiger partial charge in [0.2, 0.25) is 5.91 Å². The van der Waals surface area contributed by atoms with Gasteiger partial charge in [0.1, 0.15) is 5.82 Å². The first-order valence-corrected chi connectivity index (χ1v) is 13.1. The number of thioether (sulfide) groups is 1. The zero-order valence-electron chi connectivity index (χ0n) is 18.1. The van der Waals surface area contributed by atoms with Gasteiger partial charge in [-0.1, -0.05) is 0 Å². The topological polar surface area (TPSA) is 32.8 Å². The third-order valence-corrected chi connectivity index (χ3v) is 9.80. The quantitative estimate of drug-likeness (QED) is 0.702. The molecule has 0 N–H and O–H groups in total. The summed E-state index contributed by atoms with van der Waals surface area (Å²) >= 11 is 1.83. The third-order valence-electron chi connectivity index (χ3n) is 8.59. The Morgan fingerprint density at radius 2 is 1.58 bits per heavy atom. The van der Waals surface area contributed by atoms with Crippen LogP contribution in [0.15, 0.2) is 29.2 Å². The maximum atomic E-state index is 13.7. The lowest BCUT2D eigenvalue weighted by atomic mass is 9.54. The van der Waals surface area contributed by atoms with Crippen molar-refractivity contribution >= 4 is 17.7 Å². The van der Waals surface area contributed by atoms with E-state index in [2.05, 4.69) is 4.90 Å². The number of hydrogen-bond acceptors (Lipinski definition) is 4. The molecule has 4 saturated carbocycles. The van der Waals surface area contributed by atoms with Crippen LogP contribution in [-0.4, -0.2) is 65.9 Å². The fraction of sp³-hybridized carbons (Fsp3) is 0.720. The van der Waals surface area contributed by atoms with Gasteiger partial charge in [0.05, 0.1) is 19.3 Å². The Hall–Kier alpha value is -1.11. The van der Waals surface area contributed by atoms with Gasteiger partial charge in [0.15, 0.2) is 0 Å². The van der Waals surface area contributed by atoms with Crippen LogP contribution in [0.25, 0.3) is 0 Å². The van der Waals surface area contributed by atoms with Crippen LogP contribution in [0.5, 0.6) is 0 Å². The lowest BCUT2D eigenvalue weighted by Crippen LogP contribution is -2.60. The Labute approximate surface area is 188 Å². The molecule has 0 spiro atoms. The molecule has 4 aliphatic carbocycles. The second-order valence-corrected chi connectivity index (χ2v) is 11.9. The largest absolute Gasteiger partial charge is 0.378 e. The summed E-state index contributed by atoms with van der Waals surface area (Å²) in [6.45, 7) is 3.74. The Morgan fingerprint density at radius 1 is 0.935 bits per heavy atom. The summed E-state index contributed by atoms with van der Waals surface area (Å²) in [5, 5.41) is 0.387. The van der Waals surface area contributed by atoms with Crippen molar-refractivity contribution < 1.29 is 13.9 Å². The van der Waals surface area contributed by atoms with E-state index in [0.717, 1.165) is 54.6 Å². The number of nitrogens with zero attached hydrogens (tertiary/aromatic N) is 2. The molecule has 1 amide bonds. The first kappa shape index (κ1) is 20.5. The molecule has 4 nitrogen and oxygen atoms in total. The van der Waals surface area contributed by atoms with Crippen LogP contribution in [-0.2, 0) is 9.53 Å². The minimum absolute atomic E-state index is 0.00132. The van der Waals surface area contributed by atoms with E-state index >= 15 is 0 Å². The Balaban J connectivity index is 1.24. The van der Waals surface area contributed by atoms with Gasteiger partial charge in [0, 0.05) is 35.8 Å². The standard InChI is InChI=1S/C25H33FN2O2S/c26-20-1-3-21(4-2-20)31-22-14-23(25(29)27-5-7-30-8-6-27)28(15-22)24-18-10-16-9-17(12-18)13-19(24)11-16/h1-4,16-19,22-24H,5-15H2/t16?,17?,18?,19?,22-,23+,24?/m1/s1. The van der Waals surface area contributed by atoms with E-state index < -0.39 is 0 Å². The summed E-state index contributed by atoms with van der Waals surface area (Å²) < 4.78 is 18.9. The molecule has 1 aromatic rings. The lowest BCUT2D eigenvalue weighted by Gasteiger charge is -2.57. The van der Waals surface area contributed by atoms with Crippen LogP contribution in [0.3, 0.4) is 0 Å². The normalized spacial score (nSPS) is 39.9. The number of benzene rings is 1. The summed E-state index contributed by atoms with van der Waals surface area (Å²) in [7, 11) is 0. The van der Waals surface area contributed by atoms with Gasteiger partial charge in [-0.15, -0.1) is 11.8 Å². The van der Waals surface area contributed by atoms with Gasteiger partial charge in [-0.05, 0) is 86.5 Å². The summed E-state index contributed by atoms with van der Waals surface area (Å²) in [5.74, 6) is 3.58. The summed E-state index contributed by atoms with van der Waals surface area (Å²) in [6.07, 6.45) is 7.87. The van der Waals surface area contributed by atoms with Gasteiger partial charge in [-0.2, -0.15) is 0 Å². The van der Waals surface area contributed by atoms with Crippen molar-refractivity contribution in [2.75, 3.05) is 32.8 Å². The fourth-order valence-electron chi connectivity index (χ4n) is 7.62. The molecular weight excluding hydrogens is 411 g/mol. The van der Waals surface area contributed by atoms with E-state index in [9.17, 15) is 9.18 Å². The maximum absolute atomic E-state index is 13.7. The smallest absolute Gasteiger partial charge is 0.240 e. The van der Waals surface area contributed by atoms with E-state index in [4.69, 9.17) is 4.74 Å². The molecule has 6 aliphatic rings. The molecular formula is C25H33FN2O2S. The molecule has 0 radical (unpaired) electrons. The number of likely N-dealkylation sites (tertiary alicyclic amines) is 1. The molecule has 168 valence electrons. The predicted octanol–water partition coefficient (Wildman–Crippen LogP) is 4.04. The molecule has 0 unspecified atom stereocenters. The van der Waals surface area contributed by atoms with Crippen LogP contribution < -0.4 is 0 Å². The van der Waals surface area contributed by atoms with E-state index in [1.54, 1.807) is 12.1 Å². The minimum atomic E-state index is -0.189. The Morgan fingerprint density at radius 3 is 2.23 bits per heavy atom. The van der Waals surface area contributed by atoms with Crippen molar-refractivity contribution in [3.05, 3.63) is 30.1 Å². The zero-order chi connectivity index (χ0) is 20.9. The number of carbonyl (C=O) groups excluding carboxylic acids is 1.